The van der Waals surface area contributed by atoms with Crippen LogP contribution in [0.25, 0.3) is 0 Å². The first-order valence-electron chi connectivity index (χ1n) is 9.20. The largest absolute Gasteiger partial charge is 0.489 e. The average Bonchev–Trinajstić information content (AvgIpc) is 3.25. The molecule has 0 aliphatic carbocycles. The molecule has 2 amide bonds. The van der Waals surface area contributed by atoms with Gasteiger partial charge in [0.1, 0.15) is 12.4 Å². The van der Waals surface area contributed by atoms with Gasteiger partial charge in [0.05, 0.1) is 12.3 Å². The van der Waals surface area contributed by atoms with Crippen molar-refractivity contribution in [2.45, 2.75) is 25.6 Å². The minimum atomic E-state index is -0.814. The quantitative estimate of drug-likeness (QED) is 0.436. The molecule has 28 heavy (non-hydrogen) atoms. The van der Waals surface area contributed by atoms with Gasteiger partial charge in [-0.3, -0.25) is 9.59 Å². The third kappa shape index (κ3) is 6.21. The molecule has 1 saturated heterocycles. The Morgan fingerprint density at radius 3 is 2.79 bits per heavy atom. The molecule has 0 saturated carbocycles. The van der Waals surface area contributed by atoms with Gasteiger partial charge in [-0.25, -0.2) is 5.43 Å². The number of benzene rings is 2. The Morgan fingerprint density at radius 1 is 1.14 bits per heavy atom. The van der Waals surface area contributed by atoms with Gasteiger partial charge in [0, 0.05) is 13.2 Å². The molecule has 0 radical (unpaired) electrons. The Kier molecular flexibility index (Phi) is 7.14. The second-order valence-corrected chi connectivity index (χ2v) is 6.39. The van der Waals surface area contributed by atoms with Crippen LogP contribution in [0.1, 0.15) is 24.0 Å². The standard InChI is InChI=1S/C21H23N3O4/c25-20(22-14-19-10-5-11-27-19)21(26)24-23-13-17-8-4-9-18(12-17)28-15-16-6-2-1-3-7-16/h1-4,6-9,12-13,19H,5,10-11,14-15H2,(H,22,25)(H,24,26)/b23-13-/t19-/m0/s1. The van der Waals surface area contributed by atoms with Crippen molar-refractivity contribution in [2.24, 2.45) is 5.10 Å². The minimum absolute atomic E-state index is 0.0149. The molecule has 1 aliphatic rings. The highest BCUT2D eigenvalue weighted by molar-refractivity contribution is 6.35. The molecular formula is C21H23N3O4. The van der Waals surface area contributed by atoms with E-state index in [9.17, 15) is 9.59 Å². The molecule has 0 bridgehead atoms. The lowest BCUT2D eigenvalue weighted by Crippen LogP contribution is -2.41. The number of ether oxygens (including phenoxy) is 2. The number of hydrogen-bond donors (Lipinski definition) is 2. The van der Waals surface area contributed by atoms with Gasteiger partial charge in [-0.15, -0.1) is 0 Å². The van der Waals surface area contributed by atoms with Crippen LogP contribution in [0, 0.1) is 0 Å². The summed E-state index contributed by atoms with van der Waals surface area (Å²) < 4.78 is 11.1. The van der Waals surface area contributed by atoms with Crippen LogP contribution in [0.4, 0.5) is 0 Å². The Labute approximate surface area is 163 Å². The van der Waals surface area contributed by atoms with Crippen molar-refractivity contribution in [3.05, 3.63) is 65.7 Å². The normalized spacial score (nSPS) is 16.1. The van der Waals surface area contributed by atoms with Crippen LogP contribution < -0.4 is 15.5 Å². The number of carbonyl (C=O) groups is 2. The molecule has 2 N–H and O–H groups in total. The summed E-state index contributed by atoms with van der Waals surface area (Å²) in [5.41, 5.74) is 4.03. The topological polar surface area (TPSA) is 89.0 Å². The lowest BCUT2D eigenvalue weighted by molar-refractivity contribution is -0.139. The highest BCUT2D eigenvalue weighted by Gasteiger charge is 2.18. The lowest BCUT2D eigenvalue weighted by atomic mass is 10.2. The lowest BCUT2D eigenvalue weighted by Gasteiger charge is -2.09. The summed E-state index contributed by atoms with van der Waals surface area (Å²) in [7, 11) is 0. The van der Waals surface area contributed by atoms with Crippen LogP contribution in [0.5, 0.6) is 5.75 Å². The van der Waals surface area contributed by atoms with E-state index in [0.29, 0.717) is 25.5 Å². The molecule has 1 heterocycles. The average molecular weight is 381 g/mol. The molecule has 0 aromatic heterocycles. The predicted molar refractivity (Wildman–Crippen MR) is 105 cm³/mol. The summed E-state index contributed by atoms with van der Waals surface area (Å²) in [6, 6.07) is 17.2. The molecule has 2 aromatic rings. The Bertz CT molecular complexity index is 817. The molecule has 1 fully saturated rings. The summed E-state index contributed by atoms with van der Waals surface area (Å²) in [5, 5.41) is 6.37. The van der Waals surface area contributed by atoms with Gasteiger partial charge in [0.15, 0.2) is 0 Å². The SMILES string of the molecule is O=C(NC[C@@H]1CCCO1)C(=O)N/N=C\c1cccc(OCc2ccccc2)c1. The zero-order chi connectivity index (χ0) is 19.6. The first-order valence-corrected chi connectivity index (χ1v) is 9.20. The van der Waals surface area contributed by atoms with Crippen LogP contribution in [-0.4, -0.2) is 37.3 Å². The van der Waals surface area contributed by atoms with Crippen LogP contribution in [0.3, 0.4) is 0 Å². The molecule has 1 aliphatic heterocycles. The maximum atomic E-state index is 11.8. The van der Waals surface area contributed by atoms with E-state index in [-0.39, 0.29) is 6.10 Å². The molecule has 3 rings (SSSR count). The van der Waals surface area contributed by atoms with E-state index >= 15 is 0 Å². The Morgan fingerprint density at radius 2 is 2.00 bits per heavy atom. The van der Waals surface area contributed by atoms with Crippen molar-refractivity contribution in [1.82, 2.24) is 10.7 Å². The highest BCUT2D eigenvalue weighted by atomic mass is 16.5. The predicted octanol–water partition coefficient (Wildman–Crippen LogP) is 2.01. The van der Waals surface area contributed by atoms with Gasteiger partial charge in [-0.05, 0) is 36.1 Å². The number of nitrogens with one attached hydrogen (secondary N) is 2. The van der Waals surface area contributed by atoms with Gasteiger partial charge in [-0.1, -0.05) is 42.5 Å². The van der Waals surface area contributed by atoms with Crippen molar-refractivity contribution in [1.29, 1.82) is 0 Å². The highest BCUT2D eigenvalue weighted by Crippen LogP contribution is 2.14. The first kappa shape index (κ1) is 19.6. The molecule has 0 spiro atoms. The summed E-state index contributed by atoms with van der Waals surface area (Å²) in [6.07, 6.45) is 3.31. The first-order chi connectivity index (χ1) is 13.7. The molecule has 7 nitrogen and oxygen atoms in total. The second kappa shape index (κ2) is 10.2. The molecule has 146 valence electrons. The van der Waals surface area contributed by atoms with Gasteiger partial charge in [0.25, 0.3) is 0 Å². The van der Waals surface area contributed by atoms with E-state index in [0.717, 1.165) is 24.0 Å². The summed E-state index contributed by atoms with van der Waals surface area (Å²) in [4.78, 5) is 23.5. The van der Waals surface area contributed by atoms with Crippen molar-refractivity contribution < 1.29 is 19.1 Å². The monoisotopic (exact) mass is 381 g/mol. The third-order valence-electron chi connectivity index (χ3n) is 4.21. The molecule has 7 heteroatoms. The second-order valence-electron chi connectivity index (χ2n) is 6.39. The summed E-state index contributed by atoms with van der Waals surface area (Å²) >= 11 is 0. The summed E-state index contributed by atoms with van der Waals surface area (Å²) in [6.45, 7) is 1.49. The van der Waals surface area contributed by atoms with Crippen LogP contribution in [-0.2, 0) is 20.9 Å². The van der Waals surface area contributed by atoms with Crippen LogP contribution in [0.15, 0.2) is 59.7 Å². The van der Waals surface area contributed by atoms with Gasteiger partial charge < -0.3 is 14.8 Å². The van der Waals surface area contributed by atoms with E-state index in [2.05, 4.69) is 15.8 Å². The van der Waals surface area contributed by atoms with E-state index in [1.165, 1.54) is 6.21 Å². The number of hydrogen-bond acceptors (Lipinski definition) is 5. The van der Waals surface area contributed by atoms with E-state index in [1.807, 2.05) is 48.5 Å². The minimum Gasteiger partial charge on any atom is -0.489 e. The van der Waals surface area contributed by atoms with Crippen molar-refractivity contribution in [3.63, 3.8) is 0 Å². The van der Waals surface area contributed by atoms with Crippen molar-refractivity contribution in [3.8, 4) is 5.75 Å². The summed E-state index contributed by atoms with van der Waals surface area (Å²) in [5.74, 6) is -0.855. The van der Waals surface area contributed by atoms with Crippen molar-refractivity contribution >= 4 is 18.0 Å². The van der Waals surface area contributed by atoms with Crippen molar-refractivity contribution in [2.75, 3.05) is 13.2 Å². The number of amides is 2. The zero-order valence-corrected chi connectivity index (χ0v) is 15.5. The van der Waals surface area contributed by atoms with Crippen LogP contribution in [0.2, 0.25) is 0 Å². The molecule has 0 unspecified atom stereocenters. The van der Waals surface area contributed by atoms with Gasteiger partial charge >= 0.3 is 11.8 Å². The van der Waals surface area contributed by atoms with Crippen LogP contribution >= 0.6 is 0 Å². The maximum absolute atomic E-state index is 11.8. The molecular weight excluding hydrogens is 358 g/mol. The third-order valence-corrected chi connectivity index (χ3v) is 4.21. The number of hydrazone groups is 1. The number of carbonyl (C=O) groups excluding carboxylic acids is 2. The zero-order valence-electron chi connectivity index (χ0n) is 15.5. The fourth-order valence-corrected chi connectivity index (χ4v) is 2.73. The van der Waals surface area contributed by atoms with Gasteiger partial charge in [-0.2, -0.15) is 5.10 Å². The van der Waals surface area contributed by atoms with Gasteiger partial charge in [0.2, 0.25) is 0 Å². The Hall–Kier alpha value is -3.19. The van der Waals surface area contributed by atoms with E-state index in [4.69, 9.17) is 9.47 Å². The number of rotatable bonds is 7. The molecule has 1 atom stereocenters. The maximum Gasteiger partial charge on any atom is 0.329 e. The number of nitrogens with zero attached hydrogens (tertiary/aromatic N) is 1. The van der Waals surface area contributed by atoms with E-state index in [1.54, 1.807) is 6.07 Å². The van der Waals surface area contributed by atoms with E-state index < -0.39 is 11.8 Å². The fourth-order valence-electron chi connectivity index (χ4n) is 2.73. The Balaban J connectivity index is 1.44. The smallest absolute Gasteiger partial charge is 0.329 e. The molecule has 2 aromatic carbocycles. The fraction of sp³-hybridized carbons (Fsp3) is 0.286.